The van der Waals surface area contributed by atoms with Gasteiger partial charge in [-0.25, -0.2) is 0 Å². The van der Waals surface area contributed by atoms with E-state index in [0.717, 1.165) is 56.1 Å². The summed E-state index contributed by atoms with van der Waals surface area (Å²) in [6.45, 7) is 8.00. The van der Waals surface area contributed by atoms with E-state index in [1.807, 2.05) is 24.4 Å². The summed E-state index contributed by atoms with van der Waals surface area (Å²) >= 11 is 0. The van der Waals surface area contributed by atoms with Crippen LogP contribution in [0, 0.1) is 11.8 Å². The van der Waals surface area contributed by atoms with Crippen molar-refractivity contribution in [2.75, 3.05) is 38.5 Å². The maximum Gasteiger partial charge on any atom is 0.154 e. The average Bonchev–Trinajstić information content (AvgIpc) is 3.43. The fourth-order valence-corrected chi connectivity index (χ4v) is 6.49. The Balaban J connectivity index is 1.01. The first kappa shape index (κ1) is 26.2. The van der Waals surface area contributed by atoms with Crippen LogP contribution in [0.2, 0.25) is 0 Å². The van der Waals surface area contributed by atoms with Gasteiger partial charge in [0.2, 0.25) is 0 Å². The molecular formula is C30H41N7O2. The number of para-hydroxylation sites is 1. The third-order valence-corrected chi connectivity index (χ3v) is 9.03. The van der Waals surface area contributed by atoms with Gasteiger partial charge < -0.3 is 25.8 Å². The Morgan fingerprint density at radius 1 is 1.05 bits per heavy atom. The third-order valence-electron chi connectivity index (χ3n) is 9.03. The number of piperidine rings is 2. The molecule has 3 fully saturated rings. The Kier molecular flexibility index (Phi) is 7.81. The van der Waals surface area contributed by atoms with E-state index in [1.165, 1.54) is 32.2 Å². The van der Waals surface area contributed by atoms with Crippen LogP contribution in [0.5, 0.6) is 5.75 Å². The standard InChI is InChI=1S/C30H41N7O2/c1-20(22-8-12-36(13-9-22)18-21-14-25(15-21)39-24-6-10-32-11-7-24)37-19-23(17-33-37)27-16-28(34-35-30(27)31)26-4-2-3-5-29(26)38/h2-5,16-17,19-22,24-25,32,38H,6-15,18H2,1H3,(H2,31,35)/t20?,21-,25-. The highest BCUT2D eigenvalue weighted by Crippen LogP contribution is 2.36. The summed E-state index contributed by atoms with van der Waals surface area (Å²) in [6.07, 6.45) is 12.1. The van der Waals surface area contributed by atoms with Crippen LogP contribution < -0.4 is 11.1 Å². The van der Waals surface area contributed by atoms with Crippen LogP contribution in [-0.2, 0) is 4.74 Å². The van der Waals surface area contributed by atoms with Crippen molar-refractivity contribution in [3.05, 3.63) is 42.7 Å². The molecule has 0 spiro atoms. The van der Waals surface area contributed by atoms with E-state index in [2.05, 4.69) is 38.2 Å². The van der Waals surface area contributed by atoms with E-state index < -0.39 is 0 Å². The normalized spacial score (nSPS) is 23.9. The highest BCUT2D eigenvalue weighted by Gasteiger charge is 2.34. The van der Waals surface area contributed by atoms with Crippen LogP contribution in [0.3, 0.4) is 0 Å². The molecule has 6 rings (SSSR count). The molecular weight excluding hydrogens is 490 g/mol. The average molecular weight is 532 g/mol. The van der Waals surface area contributed by atoms with Gasteiger partial charge in [-0.05, 0) is 102 Å². The Hall–Kier alpha value is -3.01. The van der Waals surface area contributed by atoms with Crippen molar-refractivity contribution in [1.29, 1.82) is 0 Å². The second kappa shape index (κ2) is 11.6. The number of benzene rings is 1. The molecule has 208 valence electrons. The molecule has 2 aromatic heterocycles. The maximum atomic E-state index is 10.2. The molecule has 0 radical (unpaired) electrons. The fraction of sp³-hybridized carbons (Fsp3) is 0.567. The summed E-state index contributed by atoms with van der Waals surface area (Å²) in [6, 6.07) is 9.31. The number of nitrogens with one attached hydrogen (secondary N) is 1. The van der Waals surface area contributed by atoms with Crippen LogP contribution >= 0.6 is 0 Å². The first-order chi connectivity index (χ1) is 19.0. The fourth-order valence-electron chi connectivity index (χ4n) is 6.49. The number of hydrogen-bond donors (Lipinski definition) is 3. The van der Waals surface area contributed by atoms with Crippen LogP contribution in [0.4, 0.5) is 5.82 Å². The molecule has 1 atom stereocenters. The second-order valence-corrected chi connectivity index (χ2v) is 11.7. The van der Waals surface area contributed by atoms with Crippen LogP contribution in [0.25, 0.3) is 22.4 Å². The molecule has 3 aliphatic rings. The zero-order valence-electron chi connectivity index (χ0n) is 22.9. The molecule has 2 aliphatic heterocycles. The van der Waals surface area contributed by atoms with Crippen LogP contribution in [-0.4, -0.2) is 74.9 Å². The molecule has 1 aliphatic carbocycles. The van der Waals surface area contributed by atoms with E-state index in [4.69, 9.17) is 15.6 Å². The zero-order chi connectivity index (χ0) is 26.8. The number of nitrogen functional groups attached to an aromatic ring is 1. The number of aromatic nitrogens is 4. The Morgan fingerprint density at radius 2 is 1.82 bits per heavy atom. The largest absolute Gasteiger partial charge is 0.507 e. The second-order valence-electron chi connectivity index (χ2n) is 11.7. The minimum Gasteiger partial charge on any atom is -0.507 e. The zero-order valence-corrected chi connectivity index (χ0v) is 22.9. The number of ether oxygens (including phenoxy) is 1. The molecule has 4 N–H and O–H groups in total. The van der Waals surface area contributed by atoms with Gasteiger partial charge in [0.1, 0.15) is 5.75 Å². The summed E-state index contributed by atoms with van der Waals surface area (Å²) < 4.78 is 8.40. The summed E-state index contributed by atoms with van der Waals surface area (Å²) in [7, 11) is 0. The van der Waals surface area contributed by atoms with Crippen molar-refractivity contribution in [3.63, 3.8) is 0 Å². The van der Waals surface area contributed by atoms with Gasteiger partial charge in [-0.15, -0.1) is 10.2 Å². The van der Waals surface area contributed by atoms with Gasteiger partial charge in [0.25, 0.3) is 0 Å². The van der Waals surface area contributed by atoms with E-state index in [0.29, 0.717) is 41.2 Å². The molecule has 9 heteroatoms. The van der Waals surface area contributed by atoms with Gasteiger partial charge in [-0.3, -0.25) is 4.68 Å². The number of anilines is 1. The third kappa shape index (κ3) is 5.95. The maximum absolute atomic E-state index is 10.2. The summed E-state index contributed by atoms with van der Waals surface area (Å²) in [5.74, 6) is 1.91. The molecule has 1 aromatic carbocycles. The van der Waals surface area contributed by atoms with Crippen LogP contribution in [0.1, 0.15) is 51.5 Å². The number of likely N-dealkylation sites (tertiary alicyclic amines) is 1. The molecule has 39 heavy (non-hydrogen) atoms. The predicted octanol–water partition coefficient (Wildman–Crippen LogP) is 4.12. The van der Waals surface area contributed by atoms with Crippen molar-refractivity contribution in [2.45, 2.75) is 63.7 Å². The highest BCUT2D eigenvalue weighted by atomic mass is 16.5. The van der Waals surface area contributed by atoms with E-state index in [1.54, 1.807) is 12.1 Å². The highest BCUT2D eigenvalue weighted by molar-refractivity contribution is 5.78. The SMILES string of the molecule is CC(C1CCN(C[C@H]2C[C@H](OC3CCNCC3)C2)CC1)n1cc(-c2cc(-c3ccccc3O)nnc2N)cn1. The molecule has 4 heterocycles. The van der Waals surface area contributed by atoms with Gasteiger partial charge >= 0.3 is 0 Å². The molecule has 3 aromatic rings. The Morgan fingerprint density at radius 3 is 2.59 bits per heavy atom. The number of phenolic OH excluding ortho intramolecular Hbond substituents is 1. The van der Waals surface area contributed by atoms with Gasteiger partial charge in [-0.2, -0.15) is 5.10 Å². The molecule has 1 saturated carbocycles. The van der Waals surface area contributed by atoms with Gasteiger partial charge in [0.05, 0.1) is 30.1 Å². The van der Waals surface area contributed by atoms with Gasteiger partial charge in [0, 0.05) is 29.4 Å². The topological polar surface area (TPSA) is 114 Å². The lowest BCUT2D eigenvalue weighted by atomic mass is 9.81. The summed E-state index contributed by atoms with van der Waals surface area (Å²) in [5, 5.41) is 26.7. The predicted molar refractivity (Wildman–Crippen MR) is 152 cm³/mol. The minimum absolute atomic E-state index is 0.167. The summed E-state index contributed by atoms with van der Waals surface area (Å²) in [5.41, 5.74) is 9.11. The quantitative estimate of drug-likeness (QED) is 0.398. The number of rotatable bonds is 8. The van der Waals surface area contributed by atoms with Crippen molar-refractivity contribution < 1.29 is 9.84 Å². The first-order valence-corrected chi connectivity index (χ1v) is 14.6. The number of nitrogens with zero attached hydrogens (tertiary/aromatic N) is 5. The van der Waals surface area contributed by atoms with Crippen molar-refractivity contribution in [3.8, 4) is 28.1 Å². The first-order valence-electron chi connectivity index (χ1n) is 14.6. The lowest BCUT2D eigenvalue weighted by Crippen LogP contribution is -2.45. The Bertz CT molecular complexity index is 1240. The van der Waals surface area contributed by atoms with Crippen LogP contribution in [0.15, 0.2) is 42.7 Å². The van der Waals surface area contributed by atoms with E-state index >= 15 is 0 Å². The lowest BCUT2D eigenvalue weighted by Gasteiger charge is -2.42. The molecule has 9 nitrogen and oxygen atoms in total. The van der Waals surface area contributed by atoms with Gasteiger partial charge in [0.15, 0.2) is 5.82 Å². The lowest BCUT2D eigenvalue weighted by molar-refractivity contribution is -0.0901. The number of phenols is 1. The summed E-state index contributed by atoms with van der Waals surface area (Å²) in [4.78, 5) is 2.66. The number of aromatic hydroxyl groups is 1. The molecule has 2 saturated heterocycles. The van der Waals surface area contributed by atoms with E-state index in [-0.39, 0.29) is 5.75 Å². The van der Waals surface area contributed by atoms with Crippen molar-refractivity contribution >= 4 is 5.82 Å². The number of hydrogen-bond acceptors (Lipinski definition) is 8. The van der Waals surface area contributed by atoms with Crippen molar-refractivity contribution in [1.82, 2.24) is 30.2 Å². The van der Waals surface area contributed by atoms with E-state index in [9.17, 15) is 5.11 Å². The molecule has 0 bridgehead atoms. The molecule has 0 amide bonds. The van der Waals surface area contributed by atoms with Gasteiger partial charge in [-0.1, -0.05) is 12.1 Å². The van der Waals surface area contributed by atoms with Crippen molar-refractivity contribution in [2.24, 2.45) is 11.8 Å². The molecule has 1 unspecified atom stereocenters. The number of nitrogens with two attached hydrogens (primary N) is 1. The minimum atomic E-state index is 0.167. The monoisotopic (exact) mass is 531 g/mol. The smallest absolute Gasteiger partial charge is 0.154 e. The Labute approximate surface area is 230 Å².